The van der Waals surface area contributed by atoms with Crippen LogP contribution in [0.5, 0.6) is 11.5 Å². The quantitative estimate of drug-likeness (QED) is 0.701. The third-order valence-electron chi connectivity index (χ3n) is 4.58. The average Bonchev–Trinajstić information content (AvgIpc) is 3.23. The van der Waals surface area contributed by atoms with Gasteiger partial charge in [0.1, 0.15) is 13.2 Å². The SMILES string of the molecule is C[C@@H](NC(=O)c1cn(-c2ccc3c(c2)OCCO3)nn1)c1cccc(C(F)(F)F)c1. The summed E-state index contributed by atoms with van der Waals surface area (Å²) < 4.78 is 51.1. The van der Waals surface area contributed by atoms with Crippen LogP contribution in [0.1, 0.15) is 34.6 Å². The van der Waals surface area contributed by atoms with E-state index in [1.54, 1.807) is 25.1 Å². The number of hydrogen-bond donors (Lipinski definition) is 1. The number of aromatic nitrogens is 3. The molecule has 0 spiro atoms. The maximum absolute atomic E-state index is 12.9. The molecule has 0 saturated carbocycles. The molecule has 1 aromatic heterocycles. The molecule has 2 heterocycles. The molecule has 0 unspecified atom stereocenters. The second kappa shape index (κ2) is 7.69. The molecule has 1 aliphatic heterocycles. The largest absolute Gasteiger partial charge is 0.486 e. The molecular formula is C20H17F3N4O3. The van der Waals surface area contributed by atoms with E-state index in [9.17, 15) is 18.0 Å². The van der Waals surface area contributed by atoms with Crippen molar-refractivity contribution in [2.45, 2.75) is 19.1 Å². The van der Waals surface area contributed by atoms with E-state index in [1.165, 1.54) is 23.0 Å². The second-order valence-corrected chi connectivity index (χ2v) is 6.69. The third kappa shape index (κ3) is 4.07. The van der Waals surface area contributed by atoms with Gasteiger partial charge in [0.05, 0.1) is 23.5 Å². The predicted molar refractivity (Wildman–Crippen MR) is 99.7 cm³/mol. The number of amides is 1. The minimum atomic E-state index is -4.45. The summed E-state index contributed by atoms with van der Waals surface area (Å²) in [7, 11) is 0. The molecule has 1 aliphatic rings. The lowest BCUT2D eigenvalue weighted by Crippen LogP contribution is -2.27. The highest BCUT2D eigenvalue weighted by molar-refractivity contribution is 5.92. The second-order valence-electron chi connectivity index (χ2n) is 6.69. The molecule has 0 saturated heterocycles. The van der Waals surface area contributed by atoms with Crippen LogP contribution in [0.15, 0.2) is 48.7 Å². The van der Waals surface area contributed by atoms with Crippen LogP contribution >= 0.6 is 0 Å². The molecule has 156 valence electrons. The number of carbonyl (C=O) groups excluding carboxylic acids is 1. The number of nitrogens with zero attached hydrogens (tertiary/aromatic N) is 3. The molecule has 1 N–H and O–H groups in total. The van der Waals surface area contributed by atoms with Gasteiger partial charge in [-0.1, -0.05) is 17.3 Å². The number of alkyl halides is 3. The van der Waals surface area contributed by atoms with Gasteiger partial charge in [-0.3, -0.25) is 4.79 Å². The lowest BCUT2D eigenvalue weighted by atomic mass is 10.0. The van der Waals surface area contributed by atoms with Crippen LogP contribution in [0.3, 0.4) is 0 Å². The number of nitrogens with one attached hydrogen (secondary N) is 1. The molecule has 1 amide bonds. The van der Waals surface area contributed by atoms with Gasteiger partial charge in [-0.05, 0) is 36.8 Å². The standard InChI is InChI=1S/C20H17F3N4O3/c1-12(13-3-2-4-14(9-13)20(21,22)23)24-19(28)16-11-27(26-25-16)15-5-6-17-18(10-15)30-8-7-29-17/h2-6,9-12H,7-8H2,1H3,(H,24,28)/t12-/m1/s1. The van der Waals surface area contributed by atoms with Crippen molar-refractivity contribution in [2.24, 2.45) is 0 Å². The maximum atomic E-state index is 12.9. The van der Waals surface area contributed by atoms with Crippen molar-refractivity contribution in [1.82, 2.24) is 20.3 Å². The summed E-state index contributed by atoms with van der Waals surface area (Å²) in [5.41, 5.74) is 0.212. The summed E-state index contributed by atoms with van der Waals surface area (Å²) in [6.07, 6.45) is -3.02. The van der Waals surface area contributed by atoms with Crippen molar-refractivity contribution < 1.29 is 27.4 Å². The van der Waals surface area contributed by atoms with Crippen LogP contribution in [0.4, 0.5) is 13.2 Å². The molecule has 4 rings (SSSR count). The van der Waals surface area contributed by atoms with E-state index >= 15 is 0 Å². The Morgan fingerprint density at radius 1 is 1.13 bits per heavy atom. The van der Waals surface area contributed by atoms with Gasteiger partial charge >= 0.3 is 6.18 Å². The topological polar surface area (TPSA) is 78.3 Å². The van der Waals surface area contributed by atoms with E-state index in [1.807, 2.05) is 0 Å². The first-order valence-electron chi connectivity index (χ1n) is 9.11. The van der Waals surface area contributed by atoms with Crippen LogP contribution in [-0.2, 0) is 6.18 Å². The van der Waals surface area contributed by atoms with Gasteiger partial charge in [-0.25, -0.2) is 4.68 Å². The third-order valence-corrected chi connectivity index (χ3v) is 4.58. The fraction of sp³-hybridized carbons (Fsp3) is 0.250. The Morgan fingerprint density at radius 2 is 1.90 bits per heavy atom. The van der Waals surface area contributed by atoms with E-state index < -0.39 is 23.7 Å². The fourth-order valence-corrected chi connectivity index (χ4v) is 3.01. The summed E-state index contributed by atoms with van der Waals surface area (Å²) in [6, 6.07) is 9.37. The minimum Gasteiger partial charge on any atom is -0.486 e. The smallest absolute Gasteiger partial charge is 0.416 e. The Kier molecular flexibility index (Phi) is 5.06. The number of rotatable bonds is 4. The monoisotopic (exact) mass is 418 g/mol. The Balaban J connectivity index is 1.48. The van der Waals surface area contributed by atoms with Crippen molar-refractivity contribution in [3.8, 4) is 17.2 Å². The van der Waals surface area contributed by atoms with Gasteiger partial charge in [0.15, 0.2) is 17.2 Å². The van der Waals surface area contributed by atoms with Crippen LogP contribution in [0.2, 0.25) is 0 Å². The highest BCUT2D eigenvalue weighted by Gasteiger charge is 2.30. The summed E-state index contributed by atoms with van der Waals surface area (Å²) >= 11 is 0. The Bertz CT molecular complexity index is 1080. The number of carbonyl (C=O) groups is 1. The molecule has 0 radical (unpaired) electrons. The minimum absolute atomic E-state index is 0.0312. The lowest BCUT2D eigenvalue weighted by molar-refractivity contribution is -0.137. The normalized spacial score (nSPS) is 14.3. The summed E-state index contributed by atoms with van der Waals surface area (Å²) in [5, 5.41) is 10.4. The number of halogens is 3. The highest BCUT2D eigenvalue weighted by atomic mass is 19.4. The molecule has 0 fully saturated rings. The zero-order chi connectivity index (χ0) is 21.3. The zero-order valence-electron chi connectivity index (χ0n) is 15.8. The molecule has 3 aromatic rings. The number of hydrogen-bond acceptors (Lipinski definition) is 5. The van der Waals surface area contributed by atoms with E-state index in [0.717, 1.165) is 12.1 Å². The van der Waals surface area contributed by atoms with Crippen molar-refractivity contribution in [3.63, 3.8) is 0 Å². The summed E-state index contributed by atoms with van der Waals surface area (Å²) in [5.74, 6) is 0.639. The average molecular weight is 418 g/mol. The molecule has 0 bridgehead atoms. The lowest BCUT2D eigenvalue weighted by Gasteiger charge is -2.18. The fourth-order valence-electron chi connectivity index (χ4n) is 3.01. The summed E-state index contributed by atoms with van der Waals surface area (Å²) in [6.45, 7) is 2.51. The van der Waals surface area contributed by atoms with Gasteiger partial charge in [-0.15, -0.1) is 5.10 Å². The van der Waals surface area contributed by atoms with E-state index in [2.05, 4.69) is 15.6 Å². The maximum Gasteiger partial charge on any atom is 0.416 e. The number of ether oxygens (including phenoxy) is 2. The van der Waals surface area contributed by atoms with Gasteiger partial charge < -0.3 is 14.8 Å². The first-order chi connectivity index (χ1) is 14.3. The first kappa shape index (κ1) is 19.7. The highest BCUT2D eigenvalue weighted by Crippen LogP contribution is 2.32. The van der Waals surface area contributed by atoms with Crippen molar-refractivity contribution in [3.05, 3.63) is 65.5 Å². The van der Waals surface area contributed by atoms with Crippen molar-refractivity contribution in [2.75, 3.05) is 13.2 Å². The molecular weight excluding hydrogens is 401 g/mol. The van der Waals surface area contributed by atoms with Gasteiger partial charge in [0.25, 0.3) is 5.91 Å². The van der Waals surface area contributed by atoms with Crippen LogP contribution in [0.25, 0.3) is 5.69 Å². The number of benzene rings is 2. The molecule has 30 heavy (non-hydrogen) atoms. The van der Waals surface area contributed by atoms with Gasteiger partial charge in [0.2, 0.25) is 0 Å². The Morgan fingerprint density at radius 3 is 2.67 bits per heavy atom. The van der Waals surface area contributed by atoms with Crippen molar-refractivity contribution in [1.29, 1.82) is 0 Å². The molecule has 0 aliphatic carbocycles. The van der Waals surface area contributed by atoms with Gasteiger partial charge in [-0.2, -0.15) is 13.2 Å². The van der Waals surface area contributed by atoms with Crippen LogP contribution < -0.4 is 14.8 Å². The molecule has 2 aromatic carbocycles. The summed E-state index contributed by atoms with van der Waals surface area (Å²) in [4.78, 5) is 12.5. The first-order valence-corrected chi connectivity index (χ1v) is 9.11. The van der Waals surface area contributed by atoms with E-state index in [4.69, 9.17) is 9.47 Å². The predicted octanol–water partition coefficient (Wildman–Crippen LogP) is 3.55. The van der Waals surface area contributed by atoms with Crippen LogP contribution in [0, 0.1) is 0 Å². The molecule has 10 heteroatoms. The Labute approximate surface area is 169 Å². The Hall–Kier alpha value is -3.56. The van der Waals surface area contributed by atoms with E-state index in [0.29, 0.717) is 36.0 Å². The molecule has 7 nitrogen and oxygen atoms in total. The number of fused-ring (bicyclic) bond motifs is 1. The zero-order valence-corrected chi connectivity index (χ0v) is 15.8. The van der Waals surface area contributed by atoms with Gasteiger partial charge in [0, 0.05) is 6.07 Å². The van der Waals surface area contributed by atoms with Crippen molar-refractivity contribution >= 4 is 5.91 Å². The van der Waals surface area contributed by atoms with E-state index in [-0.39, 0.29) is 5.69 Å². The van der Waals surface area contributed by atoms with Crippen LogP contribution in [-0.4, -0.2) is 34.1 Å². The molecule has 1 atom stereocenters.